The number of hydrogen-bond acceptors (Lipinski definition) is 6. The molecule has 0 heterocycles. The normalized spacial score (nSPS) is 13.9. The van der Waals surface area contributed by atoms with Crippen LogP contribution in [0.25, 0.3) is 0 Å². The van der Waals surface area contributed by atoms with Crippen LogP contribution in [0.4, 0.5) is 4.79 Å². The number of carbonyl (C=O) groups excluding carboxylic acids is 3. The molecule has 2 atom stereocenters. The number of hydrogen-bond donors (Lipinski definition) is 4. The smallest absolute Gasteiger partial charge is 0.327 e. The SMILES string of the molecule is CC(=O)N[C@@H](CS(=O)(=O)C(C)C(=O)NC(N)=O)C(=O)O. The van der Waals surface area contributed by atoms with Crippen LogP contribution in [0.15, 0.2) is 0 Å². The van der Waals surface area contributed by atoms with Crippen LogP contribution in [-0.2, 0) is 24.2 Å². The van der Waals surface area contributed by atoms with E-state index in [9.17, 15) is 27.6 Å². The third kappa shape index (κ3) is 5.65. The Labute approximate surface area is 114 Å². The Bertz CT molecular complexity index is 528. The van der Waals surface area contributed by atoms with Gasteiger partial charge in [-0.05, 0) is 6.92 Å². The summed E-state index contributed by atoms with van der Waals surface area (Å²) in [5.74, 6) is -4.47. The second-order valence-electron chi connectivity index (χ2n) is 3.92. The van der Waals surface area contributed by atoms with Gasteiger partial charge in [0.2, 0.25) is 11.8 Å². The van der Waals surface area contributed by atoms with Crippen molar-refractivity contribution in [1.29, 1.82) is 0 Å². The number of carboxylic acids is 1. The third-order valence-corrected chi connectivity index (χ3v) is 4.32. The summed E-state index contributed by atoms with van der Waals surface area (Å²) in [5, 5.41) is 10.6. The zero-order valence-corrected chi connectivity index (χ0v) is 11.6. The van der Waals surface area contributed by atoms with Gasteiger partial charge in [0, 0.05) is 6.92 Å². The van der Waals surface area contributed by atoms with Crippen molar-refractivity contribution in [2.45, 2.75) is 25.1 Å². The molecule has 0 radical (unpaired) electrons. The number of carboxylic acid groups (broad SMARTS) is 1. The average molecular weight is 309 g/mol. The number of nitrogens with one attached hydrogen (secondary N) is 2. The summed E-state index contributed by atoms with van der Waals surface area (Å²) in [6, 6.07) is -2.92. The zero-order chi connectivity index (χ0) is 16.1. The monoisotopic (exact) mass is 309 g/mol. The van der Waals surface area contributed by atoms with E-state index in [1.165, 1.54) is 0 Å². The van der Waals surface area contributed by atoms with Gasteiger partial charge < -0.3 is 16.2 Å². The van der Waals surface area contributed by atoms with Crippen molar-refractivity contribution in [1.82, 2.24) is 10.6 Å². The predicted molar refractivity (Wildman–Crippen MR) is 66.2 cm³/mol. The van der Waals surface area contributed by atoms with Gasteiger partial charge in [0.25, 0.3) is 0 Å². The third-order valence-electron chi connectivity index (χ3n) is 2.23. The number of rotatable bonds is 6. The lowest BCUT2D eigenvalue weighted by Gasteiger charge is -2.16. The first-order chi connectivity index (χ1) is 8.97. The van der Waals surface area contributed by atoms with Crippen molar-refractivity contribution in [3.05, 3.63) is 0 Å². The first kappa shape index (κ1) is 17.8. The molecule has 0 fully saturated rings. The molecule has 0 aromatic carbocycles. The molecule has 11 heteroatoms. The van der Waals surface area contributed by atoms with E-state index < -0.39 is 50.7 Å². The first-order valence-electron chi connectivity index (χ1n) is 5.29. The summed E-state index contributed by atoms with van der Waals surface area (Å²) < 4.78 is 23.6. The van der Waals surface area contributed by atoms with E-state index in [0.29, 0.717) is 0 Å². The minimum Gasteiger partial charge on any atom is -0.480 e. The van der Waals surface area contributed by atoms with E-state index in [1.807, 2.05) is 5.32 Å². The molecule has 0 saturated carbocycles. The number of imide groups is 1. The van der Waals surface area contributed by atoms with Crippen LogP contribution in [-0.4, -0.2) is 54.4 Å². The quantitative estimate of drug-likeness (QED) is 0.422. The number of amides is 4. The van der Waals surface area contributed by atoms with Crippen molar-refractivity contribution >= 4 is 33.7 Å². The molecule has 114 valence electrons. The maximum Gasteiger partial charge on any atom is 0.327 e. The molecular weight excluding hydrogens is 294 g/mol. The molecule has 0 aliphatic rings. The summed E-state index contributed by atoms with van der Waals surface area (Å²) >= 11 is 0. The lowest BCUT2D eigenvalue weighted by Crippen LogP contribution is -2.49. The highest BCUT2D eigenvalue weighted by atomic mass is 32.2. The number of sulfone groups is 1. The van der Waals surface area contributed by atoms with Crippen molar-refractivity contribution < 1.29 is 32.7 Å². The number of primary amides is 1. The minimum absolute atomic E-state index is 0.734. The molecule has 4 amide bonds. The van der Waals surface area contributed by atoms with Gasteiger partial charge in [0.05, 0.1) is 5.75 Å². The van der Waals surface area contributed by atoms with Crippen LogP contribution in [0.2, 0.25) is 0 Å². The largest absolute Gasteiger partial charge is 0.480 e. The molecule has 5 N–H and O–H groups in total. The number of carbonyl (C=O) groups is 4. The van der Waals surface area contributed by atoms with Crippen molar-refractivity contribution in [2.75, 3.05) is 5.75 Å². The van der Waals surface area contributed by atoms with Gasteiger partial charge in [-0.2, -0.15) is 0 Å². The van der Waals surface area contributed by atoms with E-state index in [2.05, 4.69) is 5.73 Å². The van der Waals surface area contributed by atoms with E-state index in [4.69, 9.17) is 5.11 Å². The summed E-state index contributed by atoms with van der Waals surface area (Å²) in [6.45, 7) is 1.99. The molecule has 1 unspecified atom stereocenters. The highest BCUT2D eigenvalue weighted by Crippen LogP contribution is 2.05. The van der Waals surface area contributed by atoms with Gasteiger partial charge >= 0.3 is 12.0 Å². The summed E-state index contributed by atoms with van der Waals surface area (Å²) in [5.41, 5.74) is 4.67. The Balaban J connectivity index is 5.03. The Morgan fingerprint density at radius 3 is 2.10 bits per heavy atom. The second-order valence-corrected chi connectivity index (χ2v) is 6.28. The average Bonchev–Trinajstić information content (AvgIpc) is 2.24. The molecule has 0 rings (SSSR count). The molecule has 0 bridgehead atoms. The molecule has 0 aliphatic carbocycles. The molecule has 0 aliphatic heterocycles. The molecule has 0 aromatic rings. The molecule has 0 saturated heterocycles. The molecular formula is C9H15N3O7S. The van der Waals surface area contributed by atoms with Crippen LogP contribution in [0.5, 0.6) is 0 Å². The Kier molecular flexibility index (Phi) is 6.10. The Morgan fingerprint density at radius 2 is 1.75 bits per heavy atom. The van der Waals surface area contributed by atoms with E-state index in [-0.39, 0.29) is 0 Å². The second kappa shape index (κ2) is 6.84. The molecule has 0 spiro atoms. The summed E-state index contributed by atoms with van der Waals surface area (Å²) in [6.07, 6.45) is 0. The zero-order valence-electron chi connectivity index (χ0n) is 10.7. The Hall–Kier alpha value is -2.17. The highest BCUT2D eigenvalue weighted by molar-refractivity contribution is 7.92. The van der Waals surface area contributed by atoms with Gasteiger partial charge in [-0.25, -0.2) is 18.0 Å². The van der Waals surface area contributed by atoms with Crippen LogP contribution in [0.3, 0.4) is 0 Å². The highest BCUT2D eigenvalue weighted by Gasteiger charge is 2.34. The van der Waals surface area contributed by atoms with Crippen LogP contribution >= 0.6 is 0 Å². The lowest BCUT2D eigenvalue weighted by molar-refractivity contribution is -0.140. The standard InChI is InChI=1S/C9H15N3O7S/c1-4(7(14)12-9(10)17)20(18,19)3-6(8(15)16)11-5(2)13/h4,6H,3H2,1-2H3,(H,11,13)(H,15,16)(H3,10,12,14,17)/t4?,6-/m0/s1. The number of urea groups is 1. The molecule has 20 heavy (non-hydrogen) atoms. The van der Waals surface area contributed by atoms with Gasteiger partial charge in [-0.15, -0.1) is 0 Å². The fourth-order valence-corrected chi connectivity index (χ4v) is 2.55. The minimum atomic E-state index is -4.21. The van der Waals surface area contributed by atoms with Gasteiger partial charge in [-0.1, -0.05) is 0 Å². The van der Waals surface area contributed by atoms with Gasteiger partial charge in [0.1, 0.15) is 11.3 Å². The summed E-state index contributed by atoms with van der Waals surface area (Å²) in [4.78, 5) is 43.4. The fraction of sp³-hybridized carbons (Fsp3) is 0.556. The van der Waals surface area contributed by atoms with Crippen molar-refractivity contribution in [3.63, 3.8) is 0 Å². The van der Waals surface area contributed by atoms with Crippen molar-refractivity contribution in [2.24, 2.45) is 5.73 Å². The maximum absolute atomic E-state index is 11.8. The van der Waals surface area contributed by atoms with Crippen LogP contribution < -0.4 is 16.4 Å². The number of nitrogens with two attached hydrogens (primary N) is 1. The fourth-order valence-electron chi connectivity index (χ4n) is 1.18. The topological polar surface area (TPSA) is 173 Å². The van der Waals surface area contributed by atoms with E-state index in [0.717, 1.165) is 13.8 Å². The predicted octanol–water partition coefficient (Wildman–Crippen LogP) is -2.43. The summed E-state index contributed by atoms with van der Waals surface area (Å²) in [7, 11) is -4.21. The van der Waals surface area contributed by atoms with Crippen molar-refractivity contribution in [3.8, 4) is 0 Å². The van der Waals surface area contributed by atoms with Crippen LogP contribution in [0, 0.1) is 0 Å². The lowest BCUT2D eigenvalue weighted by atomic mass is 10.3. The first-order valence-corrected chi connectivity index (χ1v) is 7.00. The molecule has 10 nitrogen and oxygen atoms in total. The van der Waals surface area contributed by atoms with Crippen LogP contribution in [0.1, 0.15) is 13.8 Å². The van der Waals surface area contributed by atoms with Gasteiger partial charge in [0.15, 0.2) is 9.84 Å². The maximum atomic E-state index is 11.8. The molecule has 0 aromatic heterocycles. The number of aliphatic carboxylic acids is 1. The van der Waals surface area contributed by atoms with E-state index in [1.54, 1.807) is 5.32 Å². The van der Waals surface area contributed by atoms with E-state index >= 15 is 0 Å². The Morgan fingerprint density at radius 1 is 1.25 bits per heavy atom. The van der Waals surface area contributed by atoms with Gasteiger partial charge in [-0.3, -0.25) is 14.9 Å².